The summed E-state index contributed by atoms with van der Waals surface area (Å²) in [6.07, 6.45) is 3.64. The van der Waals surface area contributed by atoms with Gasteiger partial charge in [0.2, 0.25) is 0 Å². The summed E-state index contributed by atoms with van der Waals surface area (Å²) in [4.78, 5) is 6.21. The van der Waals surface area contributed by atoms with Crippen LogP contribution < -0.4 is 10.6 Å². The molecule has 18 heavy (non-hydrogen) atoms. The van der Waals surface area contributed by atoms with Gasteiger partial charge in [0.05, 0.1) is 6.54 Å². The van der Waals surface area contributed by atoms with E-state index >= 15 is 0 Å². The molecule has 0 radical (unpaired) electrons. The van der Waals surface area contributed by atoms with E-state index < -0.39 is 0 Å². The zero-order valence-corrected chi connectivity index (χ0v) is 10.6. The molecule has 0 saturated carbocycles. The van der Waals surface area contributed by atoms with Crippen LogP contribution in [0.1, 0.15) is 11.4 Å². The lowest BCUT2D eigenvalue weighted by atomic mass is 10.1. The Morgan fingerprint density at radius 3 is 2.83 bits per heavy atom. The average molecular weight is 248 g/mol. The van der Waals surface area contributed by atoms with E-state index in [1.807, 2.05) is 35.8 Å². The molecule has 0 amide bonds. The fourth-order valence-electron chi connectivity index (χ4n) is 1.95. The lowest BCUT2D eigenvalue weighted by molar-refractivity contribution is 0.609. The fourth-order valence-corrected chi connectivity index (χ4v) is 1.95. The number of aromatic nitrogens is 2. The van der Waals surface area contributed by atoms with Crippen molar-refractivity contribution in [2.24, 2.45) is 12.8 Å². The summed E-state index contributed by atoms with van der Waals surface area (Å²) >= 11 is 0. The molecule has 96 valence electrons. The van der Waals surface area contributed by atoms with E-state index in [4.69, 9.17) is 5.73 Å². The number of aryl methyl sites for hydroxylation is 1. The molecule has 0 fully saturated rings. The van der Waals surface area contributed by atoms with Crippen LogP contribution in [0.15, 0.2) is 30.6 Å². The summed E-state index contributed by atoms with van der Waals surface area (Å²) in [7, 11) is 3.84. The molecule has 1 aromatic carbocycles. The Bertz CT molecular complexity index is 536. The Kier molecular flexibility index (Phi) is 3.62. The number of hydrogen-bond acceptors (Lipinski definition) is 3. The summed E-state index contributed by atoms with van der Waals surface area (Å²) < 4.78 is 15.6. The van der Waals surface area contributed by atoms with Gasteiger partial charge >= 0.3 is 0 Å². The Morgan fingerprint density at radius 2 is 2.22 bits per heavy atom. The van der Waals surface area contributed by atoms with Gasteiger partial charge in [-0.15, -0.1) is 0 Å². The molecule has 0 saturated heterocycles. The third-order valence-electron chi connectivity index (χ3n) is 3.01. The Morgan fingerprint density at radius 1 is 1.44 bits per heavy atom. The predicted molar refractivity (Wildman–Crippen MR) is 69.6 cm³/mol. The molecule has 0 unspecified atom stereocenters. The second-order valence-corrected chi connectivity index (χ2v) is 4.25. The van der Waals surface area contributed by atoms with Crippen molar-refractivity contribution in [2.45, 2.75) is 13.1 Å². The van der Waals surface area contributed by atoms with Crippen molar-refractivity contribution in [2.75, 3.05) is 11.9 Å². The van der Waals surface area contributed by atoms with Crippen LogP contribution >= 0.6 is 0 Å². The van der Waals surface area contributed by atoms with Gasteiger partial charge in [0.15, 0.2) is 0 Å². The number of nitrogens with two attached hydrogens (primary N) is 1. The predicted octanol–water partition coefficient (Wildman–Crippen LogP) is 1.65. The molecule has 4 nitrogen and oxygen atoms in total. The second-order valence-electron chi connectivity index (χ2n) is 4.25. The minimum absolute atomic E-state index is 0.187. The fraction of sp³-hybridized carbons (Fsp3) is 0.308. The first-order valence-corrected chi connectivity index (χ1v) is 5.78. The molecule has 2 rings (SSSR count). The Balaban J connectivity index is 2.26. The third kappa shape index (κ3) is 2.36. The van der Waals surface area contributed by atoms with E-state index in [1.54, 1.807) is 12.3 Å². The maximum atomic E-state index is 13.6. The zero-order chi connectivity index (χ0) is 13.1. The van der Waals surface area contributed by atoms with Gasteiger partial charge in [-0.05, 0) is 12.1 Å². The maximum absolute atomic E-state index is 13.6. The van der Waals surface area contributed by atoms with E-state index in [0.29, 0.717) is 12.1 Å². The van der Waals surface area contributed by atoms with Gasteiger partial charge in [0, 0.05) is 44.3 Å². The molecule has 2 N–H and O–H groups in total. The number of nitrogens with zero attached hydrogens (tertiary/aromatic N) is 3. The quantitative estimate of drug-likeness (QED) is 0.895. The van der Waals surface area contributed by atoms with Crippen molar-refractivity contribution >= 4 is 5.69 Å². The average Bonchev–Trinajstić information content (AvgIpc) is 2.74. The molecule has 2 aromatic rings. The first-order chi connectivity index (χ1) is 8.63. The summed E-state index contributed by atoms with van der Waals surface area (Å²) in [6.45, 7) is 0.798. The molecule has 0 aliphatic carbocycles. The van der Waals surface area contributed by atoms with Crippen molar-refractivity contribution in [3.05, 3.63) is 47.8 Å². The second kappa shape index (κ2) is 5.18. The Labute approximate surface area is 106 Å². The van der Waals surface area contributed by atoms with E-state index in [9.17, 15) is 4.39 Å². The smallest absolute Gasteiger partial charge is 0.129 e. The number of benzene rings is 1. The van der Waals surface area contributed by atoms with Gasteiger partial charge in [-0.25, -0.2) is 9.37 Å². The Hall–Kier alpha value is -1.88. The number of hydrogen-bond donors (Lipinski definition) is 1. The molecule has 0 atom stereocenters. The summed E-state index contributed by atoms with van der Waals surface area (Å²) in [5.74, 6) is 0.659. The van der Waals surface area contributed by atoms with E-state index in [2.05, 4.69) is 4.98 Å². The van der Waals surface area contributed by atoms with Crippen LogP contribution in [-0.2, 0) is 20.1 Å². The van der Waals surface area contributed by atoms with Crippen molar-refractivity contribution < 1.29 is 4.39 Å². The molecule has 0 bridgehead atoms. The van der Waals surface area contributed by atoms with Gasteiger partial charge in [-0.2, -0.15) is 0 Å². The SMILES string of the molecule is CN(Cc1nccn1C)c1cccc(F)c1CN. The summed E-state index contributed by atoms with van der Waals surface area (Å²) in [5.41, 5.74) is 6.95. The highest BCUT2D eigenvalue weighted by molar-refractivity contribution is 5.53. The van der Waals surface area contributed by atoms with E-state index in [1.165, 1.54) is 6.07 Å². The van der Waals surface area contributed by atoms with Crippen LogP contribution in [0.5, 0.6) is 0 Å². The van der Waals surface area contributed by atoms with Crippen molar-refractivity contribution in [3.8, 4) is 0 Å². The monoisotopic (exact) mass is 248 g/mol. The van der Waals surface area contributed by atoms with Gasteiger partial charge < -0.3 is 15.2 Å². The maximum Gasteiger partial charge on any atom is 0.129 e. The molecule has 0 aliphatic rings. The number of anilines is 1. The number of imidazole rings is 1. The first kappa shape index (κ1) is 12.6. The van der Waals surface area contributed by atoms with E-state index in [-0.39, 0.29) is 12.4 Å². The van der Waals surface area contributed by atoms with Gasteiger partial charge in [0.1, 0.15) is 11.6 Å². The number of halogens is 1. The van der Waals surface area contributed by atoms with Crippen molar-refractivity contribution in [1.82, 2.24) is 9.55 Å². The minimum atomic E-state index is -0.262. The molecule has 1 aromatic heterocycles. The molecular weight excluding hydrogens is 231 g/mol. The highest BCUT2D eigenvalue weighted by Gasteiger charge is 2.12. The lowest BCUT2D eigenvalue weighted by Gasteiger charge is -2.22. The molecule has 5 heteroatoms. The van der Waals surface area contributed by atoms with E-state index in [0.717, 1.165) is 11.5 Å². The number of rotatable bonds is 4. The molecule has 0 spiro atoms. The summed E-state index contributed by atoms with van der Waals surface area (Å²) in [5, 5.41) is 0. The largest absolute Gasteiger partial charge is 0.367 e. The van der Waals surface area contributed by atoms with Crippen LogP contribution in [0, 0.1) is 5.82 Å². The highest BCUT2D eigenvalue weighted by atomic mass is 19.1. The van der Waals surface area contributed by atoms with Crippen LogP contribution in [0.2, 0.25) is 0 Å². The first-order valence-electron chi connectivity index (χ1n) is 5.78. The van der Waals surface area contributed by atoms with Crippen LogP contribution in [0.25, 0.3) is 0 Å². The molecule has 1 heterocycles. The van der Waals surface area contributed by atoms with Crippen LogP contribution in [-0.4, -0.2) is 16.6 Å². The minimum Gasteiger partial charge on any atom is -0.367 e. The summed E-state index contributed by atoms with van der Waals surface area (Å²) in [6, 6.07) is 4.99. The topological polar surface area (TPSA) is 47.1 Å². The van der Waals surface area contributed by atoms with Crippen LogP contribution in [0.4, 0.5) is 10.1 Å². The lowest BCUT2D eigenvalue weighted by Crippen LogP contribution is -2.21. The molecule has 0 aliphatic heterocycles. The van der Waals surface area contributed by atoms with Gasteiger partial charge in [-0.1, -0.05) is 6.07 Å². The normalized spacial score (nSPS) is 10.7. The standard InChI is InChI=1S/C13H17FN4/c1-17-7-6-16-13(17)9-18(2)12-5-3-4-11(14)10(12)8-15/h3-7H,8-9,15H2,1-2H3. The van der Waals surface area contributed by atoms with Crippen LogP contribution in [0.3, 0.4) is 0 Å². The van der Waals surface area contributed by atoms with Gasteiger partial charge in [-0.3, -0.25) is 0 Å². The van der Waals surface area contributed by atoms with Gasteiger partial charge in [0.25, 0.3) is 0 Å². The van der Waals surface area contributed by atoms with Crippen molar-refractivity contribution in [1.29, 1.82) is 0 Å². The zero-order valence-electron chi connectivity index (χ0n) is 10.6. The highest BCUT2D eigenvalue weighted by Crippen LogP contribution is 2.22. The third-order valence-corrected chi connectivity index (χ3v) is 3.01. The van der Waals surface area contributed by atoms with Crippen molar-refractivity contribution in [3.63, 3.8) is 0 Å². The molecular formula is C13H17FN4.